The Morgan fingerprint density at radius 3 is 1.18 bits per heavy atom. The summed E-state index contributed by atoms with van der Waals surface area (Å²) in [4.78, 5) is 73.2. The van der Waals surface area contributed by atoms with E-state index in [9.17, 15) is 28.8 Å². The summed E-state index contributed by atoms with van der Waals surface area (Å²) in [6.07, 6.45) is 10.0. The molecule has 0 aromatic heterocycles. The average Bonchev–Trinajstić information content (AvgIpc) is 1.44. The summed E-state index contributed by atoms with van der Waals surface area (Å²) in [5.74, 6) is 4.71. The van der Waals surface area contributed by atoms with Gasteiger partial charge in [0.25, 0.3) is 0 Å². The highest BCUT2D eigenvalue weighted by Gasteiger charge is 2.25. The van der Waals surface area contributed by atoms with Crippen molar-refractivity contribution in [2.24, 2.45) is 0 Å². The van der Waals surface area contributed by atoms with E-state index in [4.69, 9.17) is 56.8 Å². The lowest BCUT2D eigenvalue weighted by Crippen LogP contribution is -2.27. The van der Waals surface area contributed by atoms with Crippen LogP contribution in [0.2, 0.25) is 0 Å². The molecule has 1 fully saturated rings. The summed E-state index contributed by atoms with van der Waals surface area (Å²) in [5, 5.41) is 0. The molecule has 0 bridgehead atoms. The number of hydrogen-bond donors (Lipinski definition) is 0. The van der Waals surface area contributed by atoms with Crippen LogP contribution in [0, 0.1) is 0 Å². The molecule has 0 saturated carbocycles. The fourth-order valence-corrected chi connectivity index (χ4v) is 12.4. The van der Waals surface area contributed by atoms with Crippen molar-refractivity contribution < 1.29 is 85.6 Å². The van der Waals surface area contributed by atoms with E-state index >= 15 is 0 Å². The minimum absolute atomic E-state index is 0.0684. The van der Waals surface area contributed by atoms with Gasteiger partial charge in [0.2, 0.25) is 0 Å². The molecule has 21 heteroatoms. The maximum atomic E-state index is 12.3. The first kappa shape index (κ1) is 92.6. The molecule has 18 nitrogen and oxygen atoms in total. The molecule has 6 aromatic carbocycles. The predicted molar refractivity (Wildman–Crippen MR) is 443 cm³/mol. The number of allylic oxidation sites excluding steroid dienone is 3. The Hall–Kier alpha value is -8.99. The summed E-state index contributed by atoms with van der Waals surface area (Å²) in [5.41, 5.74) is 5.75. The van der Waals surface area contributed by atoms with Crippen LogP contribution in [0.1, 0.15) is 160 Å². The van der Waals surface area contributed by atoms with Crippen molar-refractivity contribution in [3.05, 3.63) is 240 Å². The van der Waals surface area contributed by atoms with Gasteiger partial charge in [0.1, 0.15) is 80.4 Å². The van der Waals surface area contributed by atoms with E-state index in [0.29, 0.717) is 85.4 Å². The number of rotatable bonds is 46. The zero-order valence-electron chi connectivity index (χ0n) is 66.3. The molecule has 0 N–H and O–H groups in total. The summed E-state index contributed by atoms with van der Waals surface area (Å²) < 4.78 is 65.7. The van der Waals surface area contributed by atoms with Crippen molar-refractivity contribution in [1.29, 1.82) is 0 Å². The Labute approximate surface area is 671 Å². The minimum atomic E-state index is -0.498. The molecule has 0 radical (unpaired) electrons. The second-order valence-corrected chi connectivity index (χ2v) is 30.6. The predicted octanol–water partition coefficient (Wildman–Crippen LogP) is 19.4. The molecular weight excluding hydrogens is 1470 g/mol. The van der Waals surface area contributed by atoms with Crippen LogP contribution in [-0.2, 0) is 66.7 Å². The van der Waals surface area contributed by atoms with Crippen LogP contribution < -0.4 is 18.9 Å². The molecule has 1 saturated heterocycles. The molecule has 2 aliphatic rings. The van der Waals surface area contributed by atoms with Gasteiger partial charge < -0.3 is 56.8 Å². The largest absolute Gasteiger partial charge is 0.491 e. The van der Waals surface area contributed by atoms with E-state index in [1.807, 2.05) is 157 Å². The van der Waals surface area contributed by atoms with Gasteiger partial charge in [-0.25, -0.2) is 14.4 Å². The van der Waals surface area contributed by atoms with Crippen molar-refractivity contribution in [2.75, 3.05) is 83.3 Å². The second kappa shape index (κ2) is 53.8. The van der Waals surface area contributed by atoms with Crippen LogP contribution in [-0.4, -0.2) is 144 Å². The third-order valence-corrected chi connectivity index (χ3v) is 19.8. The van der Waals surface area contributed by atoms with E-state index in [1.54, 1.807) is 37.4 Å². The highest BCUT2D eigenvalue weighted by molar-refractivity contribution is 8.03. The number of esters is 6. The molecule has 1 heterocycles. The quantitative estimate of drug-likeness (QED) is 0.00866. The third-order valence-electron chi connectivity index (χ3n) is 16.3. The molecule has 1 aliphatic carbocycles. The van der Waals surface area contributed by atoms with E-state index in [-0.39, 0.29) is 89.0 Å². The molecule has 6 aromatic rings. The van der Waals surface area contributed by atoms with E-state index in [0.717, 1.165) is 57.6 Å². The van der Waals surface area contributed by atoms with Gasteiger partial charge in [0.05, 0.1) is 33.0 Å². The molecule has 4 unspecified atom stereocenters. The number of thioether (sulfide) groups is 3. The Morgan fingerprint density at radius 1 is 0.450 bits per heavy atom. The number of carbonyl (C=O) groups is 6. The summed E-state index contributed by atoms with van der Waals surface area (Å²) in [6.45, 7) is 34.3. The molecule has 0 spiro atoms. The van der Waals surface area contributed by atoms with Crippen LogP contribution in [0.15, 0.2) is 228 Å². The lowest BCUT2D eigenvalue weighted by molar-refractivity contribution is -0.151. The number of hydrogen-bond acceptors (Lipinski definition) is 21. The normalized spacial score (nSPS) is 13.2. The van der Waals surface area contributed by atoms with Crippen molar-refractivity contribution in [2.45, 2.75) is 172 Å². The third kappa shape index (κ3) is 41.7. The maximum absolute atomic E-state index is 12.3. The molecule has 8 rings (SSSR count). The van der Waals surface area contributed by atoms with Crippen molar-refractivity contribution in [1.82, 2.24) is 0 Å². The fourth-order valence-electron chi connectivity index (χ4n) is 9.63. The summed E-state index contributed by atoms with van der Waals surface area (Å²) >= 11 is 5.06. The van der Waals surface area contributed by atoms with E-state index in [2.05, 4.69) is 105 Å². The van der Waals surface area contributed by atoms with Crippen molar-refractivity contribution in [3.63, 3.8) is 0 Å². The van der Waals surface area contributed by atoms with Gasteiger partial charge in [-0.2, -0.15) is 0 Å². The van der Waals surface area contributed by atoms with Crippen LogP contribution in [0.4, 0.5) is 0 Å². The number of ether oxygens (including phenoxy) is 12. The fraction of sp³-hybridized carbons (Fsp3) is 0.422. The molecule has 0 amide bonds. The van der Waals surface area contributed by atoms with Gasteiger partial charge in [0, 0.05) is 68.4 Å². The highest BCUT2D eigenvalue weighted by atomic mass is 32.2. The SMILES string of the molecule is C=C(C)C(=O)OCCCC(=O)OC(COc1ccc(C(C)C)cc1)CSc1ccccc1.C=C(C)C(=O)OCCCC(=O)OCCOc1ccc(C(C)C)cc1.C=CC(=O)OCCCC(=O)OC(COc1ccc(C(C)C)cc1)CSc1ccccc1.CC(C)c1ccc(OCC(CSC2=CCC=C2)OCC2CO2)cc1. The first-order chi connectivity index (χ1) is 53.4. The van der Waals surface area contributed by atoms with Crippen molar-refractivity contribution >= 4 is 71.1 Å². The zero-order valence-corrected chi connectivity index (χ0v) is 68.7. The molecule has 600 valence electrons. The molecule has 4 atom stereocenters. The lowest BCUT2D eigenvalue weighted by Gasteiger charge is -2.19. The smallest absolute Gasteiger partial charge is 0.333 e. The van der Waals surface area contributed by atoms with Crippen LogP contribution in [0.3, 0.4) is 0 Å². The Bertz CT molecular complexity index is 3780. The summed E-state index contributed by atoms with van der Waals surface area (Å²) in [7, 11) is 0. The Kier molecular flexibility index (Phi) is 44.9. The van der Waals surface area contributed by atoms with Crippen LogP contribution >= 0.6 is 35.3 Å². The number of carbonyl (C=O) groups excluding carboxylic acids is 6. The number of epoxide rings is 1. The van der Waals surface area contributed by atoms with E-state index < -0.39 is 30.1 Å². The van der Waals surface area contributed by atoms with E-state index in [1.165, 1.54) is 27.2 Å². The van der Waals surface area contributed by atoms with Gasteiger partial charge >= 0.3 is 35.8 Å². The van der Waals surface area contributed by atoms with Crippen molar-refractivity contribution in [3.8, 4) is 23.0 Å². The Balaban J connectivity index is 0.000000267. The molecule has 111 heavy (non-hydrogen) atoms. The Morgan fingerprint density at radius 2 is 0.820 bits per heavy atom. The van der Waals surface area contributed by atoms with Gasteiger partial charge in [-0.1, -0.05) is 178 Å². The second-order valence-electron chi connectivity index (χ2n) is 27.3. The summed E-state index contributed by atoms with van der Waals surface area (Å²) in [6, 6.07) is 52.1. The molecule has 1 aliphatic heterocycles. The molecular formula is C90H114O18S3. The highest BCUT2D eigenvalue weighted by Crippen LogP contribution is 2.28. The first-order valence-corrected chi connectivity index (χ1v) is 40.9. The lowest BCUT2D eigenvalue weighted by atomic mass is 10.0. The van der Waals surface area contributed by atoms with Gasteiger partial charge in [-0.15, -0.1) is 35.3 Å². The maximum Gasteiger partial charge on any atom is 0.333 e. The number of benzene rings is 6. The minimum Gasteiger partial charge on any atom is -0.491 e. The topological polar surface area (TPSA) is 216 Å². The monoisotopic (exact) mass is 1580 g/mol. The van der Waals surface area contributed by atoms with Gasteiger partial charge in [-0.05, 0) is 158 Å². The first-order valence-electron chi connectivity index (χ1n) is 37.9. The van der Waals surface area contributed by atoms with Crippen LogP contribution in [0.25, 0.3) is 0 Å². The average molecular weight is 1580 g/mol. The van der Waals surface area contributed by atoms with Gasteiger partial charge in [0.15, 0.2) is 0 Å². The standard InChI is InChI=1S/C26H32O5S.C25H30O5S.C20H26O3S.C19H26O5/c1-19(2)21-12-14-22(15-13-21)30-17-23(18-32-24-9-6-5-7-10-24)31-25(27)11-8-16-29-26(28)20(3)4;1-4-24(26)28-16-8-11-25(27)30-22(18-31-23-9-6-5-7-10-23)17-29-21-14-12-20(13-15-21)19(2)3;1-15(2)16-7-9-17(10-8-16)21-13-19(23-12-18-11-22-18)14-24-20-5-3-4-6-20;1-14(2)16-7-9-17(10-8-16)22-12-13-23-18(20)6-5-11-24-19(21)15(3)4/h5-7,9-10,12-15,19,23H,3,8,11,16-18H2,1-2,4H3;4-7,9-10,12-15,19,22H,1,8,11,16-18H2,2-3H3;3,5-10,15,18-19H,4,11-14H2,1-2H3;7-10,14H,3,5-6,11-13H2,1-2,4H3. The zero-order chi connectivity index (χ0) is 80.6. The van der Waals surface area contributed by atoms with Crippen LogP contribution in [0.5, 0.6) is 23.0 Å². The van der Waals surface area contributed by atoms with Gasteiger partial charge in [-0.3, -0.25) is 14.4 Å².